The summed E-state index contributed by atoms with van der Waals surface area (Å²) in [7, 11) is 2.10. The number of rotatable bonds is 13. The van der Waals surface area contributed by atoms with Gasteiger partial charge in [-0.3, -0.25) is 0 Å². The second kappa shape index (κ2) is 15.5. The highest BCUT2D eigenvalue weighted by Crippen LogP contribution is 2.42. The van der Waals surface area contributed by atoms with Gasteiger partial charge in [0.15, 0.2) is 16.8 Å². The van der Waals surface area contributed by atoms with Crippen molar-refractivity contribution in [2.24, 2.45) is 11.0 Å². The molecule has 8 nitrogen and oxygen atoms in total. The summed E-state index contributed by atoms with van der Waals surface area (Å²) < 4.78 is 5.92. The van der Waals surface area contributed by atoms with Crippen molar-refractivity contribution in [1.82, 2.24) is 20.2 Å². The largest absolute Gasteiger partial charge is 0.462 e. The quantitative estimate of drug-likeness (QED) is 0.0676. The van der Waals surface area contributed by atoms with Crippen LogP contribution in [0.15, 0.2) is 150 Å². The first-order valence-corrected chi connectivity index (χ1v) is 18.9. The van der Waals surface area contributed by atoms with Gasteiger partial charge in [-0.1, -0.05) is 160 Å². The zero-order chi connectivity index (χ0) is 37.7. The van der Waals surface area contributed by atoms with Crippen LogP contribution in [0.1, 0.15) is 62.8 Å². The lowest BCUT2D eigenvalue weighted by molar-refractivity contribution is -0.844. The molecule has 5 aromatic carbocycles. The van der Waals surface area contributed by atoms with Crippen molar-refractivity contribution < 1.29 is 14.1 Å². The monoisotopic (exact) mass is 715 g/mol. The van der Waals surface area contributed by atoms with Crippen molar-refractivity contribution in [1.29, 1.82) is 0 Å². The number of unbranched alkanes of at least 4 members (excludes halogenated alkanes) is 1. The summed E-state index contributed by atoms with van der Waals surface area (Å²) in [6, 6.07) is 47.6. The molecule has 0 fully saturated rings. The predicted molar refractivity (Wildman–Crippen MR) is 215 cm³/mol. The van der Waals surface area contributed by atoms with Gasteiger partial charge >= 0.3 is 5.97 Å². The second-order valence-electron chi connectivity index (χ2n) is 14.1. The summed E-state index contributed by atoms with van der Waals surface area (Å²) in [6.45, 7) is 9.27. The Morgan fingerprint density at radius 3 is 1.76 bits per heavy atom. The third-order valence-electron chi connectivity index (χ3n) is 10.2. The molecule has 6 aromatic rings. The molecule has 0 amide bonds. The molecule has 0 spiro atoms. The lowest BCUT2D eigenvalue weighted by Crippen LogP contribution is -2.39. The molecule has 1 unspecified atom stereocenters. The second-order valence-corrected chi connectivity index (χ2v) is 14.1. The van der Waals surface area contributed by atoms with Gasteiger partial charge in [0.1, 0.15) is 12.3 Å². The predicted octanol–water partition coefficient (Wildman–Crippen LogP) is 9.39. The van der Waals surface area contributed by atoms with E-state index in [-0.39, 0.29) is 11.9 Å². The molecule has 8 heteroatoms. The fraction of sp³-hybridized carbons (Fsp3) is 0.239. The Kier molecular flexibility index (Phi) is 10.5. The highest BCUT2D eigenvalue weighted by atomic mass is 16.5. The average molecular weight is 716 g/mol. The third kappa shape index (κ3) is 6.58. The molecule has 1 aromatic heterocycles. The number of benzene rings is 5. The van der Waals surface area contributed by atoms with Crippen LogP contribution >= 0.6 is 0 Å². The zero-order valence-electron chi connectivity index (χ0n) is 31.7. The molecule has 0 N–H and O–H groups in total. The number of ether oxygens (including phenoxy) is 1. The van der Waals surface area contributed by atoms with Crippen LogP contribution in [0.25, 0.3) is 28.2 Å². The first kappa shape index (κ1) is 36.4. The molecular formula is C46H47N6O2+. The minimum absolute atomic E-state index is 0.0671. The maximum Gasteiger partial charge on any atom is 0.346 e. The molecule has 2 heterocycles. The van der Waals surface area contributed by atoms with Crippen molar-refractivity contribution in [2.75, 3.05) is 20.2 Å². The summed E-state index contributed by atoms with van der Waals surface area (Å²) in [5.41, 5.74) is 8.22. The maximum absolute atomic E-state index is 13.5. The van der Waals surface area contributed by atoms with E-state index in [9.17, 15) is 4.79 Å². The van der Waals surface area contributed by atoms with E-state index in [1.165, 1.54) is 0 Å². The van der Waals surface area contributed by atoms with Crippen LogP contribution in [0.4, 0.5) is 0 Å². The number of nitrogens with zero attached hydrogens (tertiary/aromatic N) is 6. The van der Waals surface area contributed by atoms with E-state index in [4.69, 9.17) is 25.2 Å². The summed E-state index contributed by atoms with van der Waals surface area (Å²) in [5.74, 6) is 0.264. The van der Waals surface area contributed by atoms with Crippen molar-refractivity contribution in [3.63, 3.8) is 0 Å². The van der Waals surface area contributed by atoms with Gasteiger partial charge < -0.3 is 4.74 Å². The summed E-state index contributed by atoms with van der Waals surface area (Å²) in [6.07, 6.45) is 2.00. The first-order chi connectivity index (χ1) is 26.3. The molecule has 1 aliphatic rings. The molecule has 7 rings (SSSR count). The summed E-state index contributed by atoms with van der Waals surface area (Å²) in [5, 5.41) is 19.9. The molecule has 54 heavy (non-hydrogen) atoms. The van der Waals surface area contributed by atoms with E-state index < -0.39 is 5.54 Å². The van der Waals surface area contributed by atoms with Crippen LogP contribution in [-0.4, -0.2) is 56.7 Å². The fourth-order valence-electron chi connectivity index (χ4n) is 7.65. The highest BCUT2D eigenvalue weighted by Gasteiger charge is 2.45. The van der Waals surface area contributed by atoms with Gasteiger partial charge in [0, 0.05) is 17.0 Å². The minimum atomic E-state index is -0.878. The lowest BCUT2D eigenvalue weighted by Gasteiger charge is -2.34. The number of esters is 1. The van der Waals surface area contributed by atoms with E-state index in [1.807, 2.05) is 79.7 Å². The number of hydrogen-bond donors (Lipinski definition) is 0. The number of aromatic nitrogens is 4. The first-order valence-electron chi connectivity index (χ1n) is 18.9. The van der Waals surface area contributed by atoms with E-state index in [0.717, 1.165) is 69.7 Å². The Bertz CT molecular complexity index is 2180. The van der Waals surface area contributed by atoms with Gasteiger partial charge in [-0.15, -0.1) is 15.0 Å². The smallest absolute Gasteiger partial charge is 0.346 e. The molecule has 272 valence electrons. The van der Waals surface area contributed by atoms with Crippen LogP contribution in [0.2, 0.25) is 0 Å². The average Bonchev–Trinajstić information content (AvgIpc) is 3.83. The number of quaternary nitrogens is 1. The Balaban J connectivity index is 1.33. The van der Waals surface area contributed by atoms with E-state index in [0.29, 0.717) is 22.6 Å². The minimum Gasteiger partial charge on any atom is -0.462 e. The van der Waals surface area contributed by atoms with Crippen molar-refractivity contribution in [2.45, 2.75) is 46.1 Å². The van der Waals surface area contributed by atoms with Crippen LogP contribution in [-0.2, 0) is 15.1 Å². The summed E-state index contributed by atoms with van der Waals surface area (Å²) >= 11 is 0. The number of tetrazole rings is 1. The normalized spacial score (nSPS) is 15.8. The van der Waals surface area contributed by atoms with Gasteiger partial charge in [0.2, 0.25) is 5.82 Å². The van der Waals surface area contributed by atoms with Gasteiger partial charge in [0.25, 0.3) is 0 Å². The van der Waals surface area contributed by atoms with E-state index >= 15 is 0 Å². The van der Waals surface area contributed by atoms with Crippen molar-refractivity contribution in [3.8, 4) is 22.5 Å². The number of carbonyl (C=O) groups excluding carboxylic acids is 1. The number of carbonyl (C=O) groups is 1. The maximum atomic E-state index is 13.5. The molecule has 1 aliphatic heterocycles. The SMILES string of the molecule is CCCC[N+]1(C)N=C(C(C)C)C(C(=O)OCC)=C1c1ccc(-c2ccccc2-c2nnn(C(c3ccccc3)(c3ccccc3)c3ccccc3)n2)cc1. The Hall–Kier alpha value is -5.99. The van der Waals surface area contributed by atoms with Crippen molar-refractivity contribution in [3.05, 3.63) is 167 Å². The van der Waals surface area contributed by atoms with Gasteiger partial charge in [-0.25, -0.2) is 4.79 Å². The highest BCUT2D eigenvalue weighted by molar-refractivity contribution is 6.25. The van der Waals surface area contributed by atoms with Crippen LogP contribution < -0.4 is 0 Å². The molecule has 0 saturated heterocycles. The van der Waals surface area contributed by atoms with Gasteiger partial charge in [0.05, 0.1) is 13.7 Å². The molecule has 0 radical (unpaired) electrons. The van der Waals surface area contributed by atoms with Crippen LogP contribution in [0, 0.1) is 5.92 Å². The van der Waals surface area contributed by atoms with Crippen molar-refractivity contribution >= 4 is 17.4 Å². The number of hydrogen-bond acceptors (Lipinski definition) is 6. The van der Waals surface area contributed by atoms with Crippen LogP contribution in [0.3, 0.4) is 0 Å². The standard InChI is InChI=1S/C46H47N6O2/c1-6-8-32-52(5)43(41(45(53)54-7-2)42(49-52)33(3)4)35-30-28-34(29-31-35)39-26-18-19-27-40(39)44-47-50-51(48-44)46(36-20-12-9-13-21-36,37-22-14-10-15-23-37)38-24-16-11-17-25-38/h9-31,33H,6-8,32H2,1-5H3/q+1. The lowest BCUT2D eigenvalue weighted by atomic mass is 9.77. The fourth-order valence-corrected chi connectivity index (χ4v) is 7.65. The Labute approximate surface area is 318 Å². The molecule has 0 saturated carbocycles. The Morgan fingerprint density at radius 1 is 0.722 bits per heavy atom. The molecule has 0 aliphatic carbocycles. The van der Waals surface area contributed by atoms with Gasteiger partial charge in [-0.05, 0) is 58.5 Å². The molecule has 1 atom stereocenters. The Morgan fingerprint density at radius 2 is 1.24 bits per heavy atom. The van der Waals surface area contributed by atoms with Gasteiger partial charge in [-0.2, -0.15) is 4.59 Å². The molecule has 0 bridgehead atoms. The zero-order valence-corrected chi connectivity index (χ0v) is 31.7. The van der Waals surface area contributed by atoms with E-state index in [2.05, 4.69) is 94.5 Å². The topological polar surface area (TPSA) is 82.3 Å². The molecular weight excluding hydrogens is 669 g/mol. The van der Waals surface area contributed by atoms with Crippen LogP contribution in [0.5, 0.6) is 0 Å². The van der Waals surface area contributed by atoms with E-state index in [1.54, 1.807) is 4.80 Å². The summed E-state index contributed by atoms with van der Waals surface area (Å²) in [4.78, 5) is 15.3. The third-order valence-corrected chi connectivity index (χ3v) is 10.2.